The first-order valence-electron chi connectivity index (χ1n) is 4.81. The van der Waals surface area contributed by atoms with Gasteiger partial charge in [0.05, 0.1) is 5.69 Å². The highest BCUT2D eigenvalue weighted by molar-refractivity contribution is 5.97. The Kier molecular flexibility index (Phi) is 2.15. The lowest BCUT2D eigenvalue weighted by atomic mass is 10.1. The van der Waals surface area contributed by atoms with E-state index in [-0.39, 0.29) is 5.91 Å². The van der Waals surface area contributed by atoms with Gasteiger partial charge in [0.15, 0.2) is 6.10 Å². The van der Waals surface area contributed by atoms with Crippen molar-refractivity contribution in [2.24, 2.45) is 0 Å². The lowest BCUT2D eigenvalue weighted by Crippen LogP contribution is -2.34. The highest BCUT2D eigenvalue weighted by Gasteiger charge is 2.23. The quantitative estimate of drug-likeness (QED) is 0.737. The Morgan fingerprint density at radius 2 is 2.29 bits per heavy atom. The van der Waals surface area contributed by atoms with E-state index >= 15 is 0 Å². The molecule has 0 unspecified atom stereocenters. The van der Waals surface area contributed by atoms with Gasteiger partial charge in [0.1, 0.15) is 5.75 Å². The molecule has 0 spiro atoms. The second-order valence-electron chi connectivity index (χ2n) is 3.43. The summed E-state index contributed by atoms with van der Waals surface area (Å²) < 4.78 is 5.43. The van der Waals surface area contributed by atoms with Crippen molar-refractivity contribution >= 4 is 11.6 Å². The van der Waals surface area contributed by atoms with E-state index in [2.05, 4.69) is 12.2 Å². The number of anilines is 1. The molecule has 1 amide bonds. The maximum Gasteiger partial charge on any atom is 0.265 e. The van der Waals surface area contributed by atoms with Crippen LogP contribution in [0.5, 0.6) is 5.75 Å². The highest BCUT2D eigenvalue weighted by atomic mass is 16.5. The molecule has 0 saturated carbocycles. The van der Waals surface area contributed by atoms with E-state index in [1.54, 1.807) is 6.92 Å². The summed E-state index contributed by atoms with van der Waals surface area (Å²) in [5.74, 6) is 0.681. The minimum Gasteiger partial charge on any atom is -0.479 e. The van der Waals surface area contributed by atoms with Crippen LogP contribution in [0.25, 0.3) is 0 Å². The molecule has 0 radical (unpaired) electrons. The third kappa shape index (κ3) is 1.45. The van der Waals surface area contributed by atoms with Crippen LogP contribution in [0.2, 0.25) is 0 Å². The summed E-state index contributed by atoms with van der Waals surface area (Å²) in [6.07, 6.45) is 0.564. The number of amides is 1. The molecule has 1 aromatic rings. The Bertz CT molecular complexity index is 374. The van der Waals surface area contributed by atoms with Crippen molar-refractivity contribution in [3.8, 4) is 5.75 Å². The predicted octanol–water partition coefficient (Wildman–Crippen LogP) is 1.97. The fraction of sp³-hybridized carbons (Fsp3) is 0.364. The number of rotatable bonds is 1. The van der Waals surface area contributed by atoms with Crippen molar-refractivity contribution in [1.29, 1.82) is 0 Å². The molecule has 3 nitrogen and oxygen atoms in total. The van der Waals surface area contributed by atoms with Crippen molar-refractivity contribution in [3.05, 3.63) is 23.8 Å². The first-order valence-corrected chi connectivity index (χ1v) is 4.81. The van der Waals surface area contributed by atoms with Crippen molar-refractivity contribution < 1.29 is 9.53 Å². The van der Waals surface area contributed by atoms with Crippen LogP contribution in [-0.2, 0) is 11.2 Å². The van der Waals surface area contributed by atoms with Gasteiger partial charge in [-0.2, -0.15) is 0 Å². The van der Waals surface area contributed by atoms with Crippen molar-refractivity contribution in [2.75, 3.05) is 5.32 Å². The third-order valence-electron chi connectivity index (χ3n) is 2.38. The first kappa shape index (κ1) is 9.06. The van der Waals surface area contributed by atoms with Crippen LogP contribution < -0.4 is 10.1 Å². The molecule has 0 aliphatic carbocycles. The molecule has 1 N–H and O–H groups in total. The zero-order valence-electron chi connectivity index (χ0n) is 8.33. The summed E-state index contributed by atoms with van der Waals surface area (Å²) in [6, 6.07) is 5.88. The number of benzene rings is 1. The van der Waals surface area contributed by atoms with E-state index in [0.717, 1.165) is 17.9 Å². The van der Waals surface area contributed by atoms with Crippen LogP contribution in [0.1, 0.15) is 19.4 Å². The van der Waals surface area contributed by atoms with Crippen LogP contribution >= 0.6 is 0 Å². The predicted molar refractivity (Wildman–Crippen MR) is 54.5 cm³/mol. The zero-order valence-corrected chi connectivity index (χ0v) is 8.33. The third-order valence-corrected chi connectivity index (χ3v) is 2.38. The van der Waals surface area contributed by atoms with Crippen LogP contribution in [-0.4, -0.2) is 12.0 Å². The molecule has 0 bridgehead atoms. The fourth-order valence-corrected chi connectivity index (χ4v) is 1.48. The Labute approximate surface area is 83.1 Å². The summed E-state index contributed by atoms with van der Waals surface area (Å²) >= 11 is 0. The standard InChI is InChI=1S/C11H13NO2/c1-3-8-4-5-10-9(6-8)12-11(13)7(2)14-10/h4-7H,3H2,1-2H3,(H,12,13)/t7-/m0/s1. The molecule has 1 aromatic carbocycles. The first-order chi connectivity index (χ1) is 6.70. The summed E-state index contributed by atoms with van der Waals surface area (Å²) in [7, 11) is 0. The minimum absolute atomic E-state index is 0.0780. The smallest absolute Gasteiger partial charge is 0.265 e. The van der Waals surface area contributed by atoms with Crippen LogP contribution in [0.3, 0.4) is 0 Å². The Morgan fingerprint density at radius 3 is 3.00 bits per heavy atom. The van der Waals surface area contributed by atoms with Gasteiger partial charge < -0.3 is 10.1 Å². The number of fused-ring (bicyclic) bond motifs is 1. The number of carbonyl (C=O) groups is 1. The molecule has 0 fully saturated rings. The number of aryl methyl sites for hydroxylation is 1. The van der Waals surface area contributed by atoms with Gasteiger partial charge in [-0.05, 0) is 31.0 Å². The second kappa shape index (κ2) is 3.33. The van der Waals surface area contributed by atoms with Gasteiger partial charge in [0.25, 0.3) is 5.91 Å². The summed E-state index contributed by atoms with van der Waals surface area (Å²) in [5.41, 5.74) is 1.98. The van der Waals surface area contributed by atoms with Gasteiger partial charge in [0.2, 0.25) is 0 Å². The maximum absolute atomic E-state index is 11.3. The monoisotopic (exact) mass is 191 g/mol. The number of ether oxygens (including phenoxy) is 1. The van der Waals surface area contributed by atoms with E-state index in [0.29, 0.717) is 0 Å². The molecule has 0 aromatic heterocycles. The van der Waals surface area contributed by atoms with E-state index in [9.17, 15) is 4.79 Å². The molecular weight excluding hydrogens is 178 g/mol. The van der Waals surface area contributed by atoms with Gasteiger partial charge >= 0.3 is 0 Å². The lowest BCUT2D eigenvalue weighted by Gasteiger charge is -2.23. The average molecular weight is 191 g/mol. The molecular formula is C11H13NO2. The molecule has 2 rings (SSSR count). The van der Waals surface area contributed by atoms with E-state index in [1.165, 1.54) is 5.56 Å². The summed E-state index contributed by atoms with van der Waals surface area (Å²) in [5, 5.41) is 2.82. The Balaban J connectivity index is 2.37. The molecule has 1 heterocycles. The highest BCUT2D eigenvalue weighted by Crippen LogP contribution is 2.30. The molecule has 0 saturated heterocycles. The van der Waals surface area contributed by atoms with E-state index in [1.807, 2.05) is 18.2 Å². The number of hydrogen-bond donors (Lipinski definition) is 1. The van der Waals surface area contributed by atoms with Crippen molar-refractivity contribution in [2.45, 2.75) is 26.4 Å². The average Bonchev–Trinajstić information content (AvgIpc) is 2.19. The molecule has 74 valence electrons. The van der Waals surface area contributed by atoms with Gasteiger partial charge in [-0.1, -0.05) is 13.0 Å². The van der Waals surface area contributed by atoms with Gasteiger partial charge in [-0.3, -0.25) is 4.79 Å². The number of nitrogens with one attached hydrogen (secondary N) is 1. The zero-order chi connectivity index (χ0) is 10.1. The van der Waals surface area contributed by atoms with Crippen molar-refractivity contribution in [1.82, 2.24) is 0 Å². The minimum atomic E-state index is -0.394. The second-order valence-corrected chi connectivity index (χ2v) is 3.43. The normalized spacial score (nSPS) is 19.6. The van der Waals surface area contributed by atoms with E-state index in [4.69, 9.17) is 4.74 Å². The SMILES string of the molecule is CCc1ccc2c(c1)NC(=O)[C@H](C)O2. The Morgan fingerprint density at radius 1 is 1.50 bits per heavy atom. The lowest BCUT2D eigenvalue weighted by molar-refractivity contribution is -0.122. The number of carbonyl (C=O) groups excluding carboxylic acids is 1. The van der Waals surface area contributed by atoms with Gasteiger partial charge in [-0.25, -0.2) is 0 Å². The fourth-order valence-electron chi connectivity index (χ4n) is 1.48. The molecule has 1 aliphatic rings. The maximum atomic E-state index is 11.3. The molecule has 1 atom stereocenters. The van der Waals surface area contributed by atoms with Gasteiger partial charge in [-0.15, -0.1) is 0 Å². The summed E-state index contributed by atoms with van der Waals surface area (Å²) in [6.45, 7) is 3.82. The topological polar surface area (TPSA) is 38.3 Å². The Hall–Kier alpha value is -1.51. The molecule has 3 heteroatoms. The van der Waals surface area contributed by atoms with Crippen LogP contribution in [0, 0.1) is 0 Å². The molecule has 14 heavy (non-hydrogen) atoms. The largest absolute Gasteiger partial charge is 0.479 e. The van der Waals surface area contributed by atoms with Crippen LogP contribution in [0.15, 0.2) is 18.2 Å². The van der Waals surface area contributed by atoms with Crippen molar-refractivity contribution in [3.63, 3.8) is 0 Å². The molecule has 1 aliphatic heterocycles. The number of hydrogen-bond acceptors (Lipinski definition) is 2. The van der Waals surface area contributed by atoms with Gasteiger partial charge in [0, 0.05) is 0 Å². The summed E-state index contributed by atoms with van der Waals surface area (Å²) in [4.78, 5) is 11.3. The van der Waals surface area contributed by atoms with E-state index < -0.39 is 6.10 Å². The van der Waals surface area contributed by atoms with Crippen LogP contribution in [0.4, 0.5) is 5.69 Å².